The van der Waals surface area contributed by atoms with Crippen molar-refractivity contribution in [3.05, 3.63) is 117 Å². The van der Waals surface area contributed by atoms with E-state index in [1.807, 2.05) is 30.3 Å². The van der Waals surface area contributed by atoms with Crippen LogP contribution >= 0.6 is 23.2 Å². The second-order valence-corrected chi connectivity index (χ2v) is 10.9. The van der Waals surface area contributed by atoms with Crippen LogP contribution in [0.25, 0.3) is 0 Å². The molecule has 3 aromatic carbocycles. The van der Waals surface area contributed by atoms with Gasteiger partial charge in [-0.2, -0.15) is 8.78 Å². The van der Waals surface area contributed by atoms with Gasteiger partial charge >= 0.3 is 12.6 Å². The molecule has 0 spiro atoms. The molecule has 4 aromatic rings. The molecular weight excluding hydrogens is 615 g/mol. The summed E-state index contributed by atoms with van der Waals surface area (Å²) in [6.45, 7) is -2.63. The largest absolute Gasteiger partial charge is 0.489 e. The molecule has 1 saturated carbocycles. The highest BCUT2D eigenvalue weighted by molar-refractivity contribution is 6.35. The third-order valence-corrected chi connectivity index (χ3v) is 7.59. The number of aromatic nitrogens is 1. The molecule has 1 heterocycles. The molecule has 1 aliphatic rings. The first-order chi connectivity index (χ1) is 21.3. The summed E-state index contributed by atoms with van der Waals surface area (Å²) in [5.41, 5.74) is 1.88. The number of alkyl halides is 2. The maximum atomic E-state index is 13.8. The molecule has 44 heavy (non-hydrogen) atoms. The predicted molar refractivity (Wildman–Crippen MR) is 160 cm³/mol. The van der Waals surface area contributed by atoms with Crippen LogP contribution in [0.3, 0.4) is 0 Å². The summed E-state index contributed by atoms with van der Waals surface area (Å²) in [5, 5.41) is 0.493. The lowest BCUT2D eigenvalue weighted by molar-refractivity contribution is -0.0515. The van der Waals surface area contributed by atoms with Gasteiger partial charge in [-0.3, -0.25) is 9.78 Å². The van der Waals surface area contributed by atoms with Gasteiger partial charge in [-0.05, 0) is 59.7 Å². The Kier molecular flexibility index (Phi) is 10.3. The first-order valence-corrected chi connectivity index (χ1v) is 14.5. The van der Waals surface area contributed by atoms with E-state index in [2.05, 4.69) is 9.72 Å². The molecule has 0 saturated heterocycles. The van der Waals surface area contributed by atoms with E-state index in [9.17, 15) is 18.4 Å². The second-order valence-electron chi connectivity index (χ2n) is 10.1. The van der Waals surface area contributed by atoms with Crippen LogP contribution in [0.15, 0.2) is 79.1 Å². The topological polar surface area (TPSA) is 84.0 Å². The molecule has 1 aliphatic carbocycles. The van der Waals surface area contributed by atoms with Gasteiger partial charge in [-0.15, -0.1) is 0 Å². The monoisotopic (exact) mass is 641 g/mol. The van der Waals surface area contributed by atoms with Crippen LogP contribution in [0, 0.1) is 5.92 Å². The van der Waals surface area contributed by atoms with E-state index >= 15 is 0 Å². The van der Waals surface area contributed by atoms with Gasteiger partial charge in [0.2, 0.25) is 0 Å². The number of nitrogens with zero attached hydrogens (tertiary/aromatic N) is 1. The van der Waals surface area contributed by atoms with Gasteiger partial charge in [-0.1, -0.05) is 65.7 Å². The van der Waals surface area contributed by atoms with Gasteiger partial charge in [0, 0.05) is 18.8 Å². The van der Waals surface area contributed by atoms with Crippen LogP contribution in [0.4, 0.5) is 8.78 Å². The standard InChI is InChI=1S/C33H27Cl2F2NO6/c34-26-15-38-16-27(35)25(26)14-29(22-11-12-28(44-33(36)37)30(13-22)41-18-21-9-10-21)43-32(40)24-8-4-7-23(17-39)31(24)42-19-20-5-2-1-3-6-20/h1-8,11-13,15-17,21,29,33H,9-10,14,18-19H2/t29-/m0/s1. The minimum atomic E-state index is -3.06. The van der Waals surface area contributed by atoms with E-state index in [1.165, 1.54) is 42.7 Å². The Balaban J connectivity index is 1.49. The van der Waals surface area contributed by atoms with Crippen LogP contribution in [-0.2, 0) is 17.8 Å². The fourth-order valence-corrected chi connectivity index (χ4v) is 4.98. The Morgan fingerprint density at radius 1 is 0.955 bits per heavy atom. The van der Waals surface area contributed by atoms with Gasteiger partial charge in [0.1, 0.15) is 24.0 Å². The van der Waals surface area contributed by atoms with Crippen molar-refractivity contribution in [1.82, 2.24) is 4.98 Å². The van der Waals surface area contributed by atoms with Gasteiger partial charge in [0.25, 0.3) is 0 Å². The lowest BCUT2D eigenvalue weighted by Crippen LogP contribution is -2.17. The minimum absolute atomic E-state index is 0.0105. The zero-order valence-electron chi connectivity index (χ0n) is 23.3. The molecule has 1 aromatic heterocycles. The summed E-state index contributed by atoms with van der Waals surface area (Å²) in [6, 6.07) is 18.2. The highest BCUT2D eigenvalue weighted by Gasteiger charge is 2.27. The molecule has 0 aliphatic heterocycles. The molecule has 0 bridgehead atoms. The van der Waals surface area contributed by atoms with Crippen molar-refractivity contribution in [1.29, 1.82) is 0 Å². The smallest absolute Gasteiger partial charge is 0.387 e. The van der Waals surface area contributed by atoms with Crippen LogP contribution in [-0.4, -0.2) is 30.5 Å². The van der Waals surface area contributed by atoms with Gasteiger partial charge in [0.15, 0.2) is 17.8 Å². The molecule has 0 unspecified atom stereocenters. The Hall–Kier alpha value is -4.21. The van der Waals surface area contributed by atoms with Crippen molar-refractivity contribution in [3.8, 4) is 17.2 Å². The summed E-state index contributed by atoms with van der Waals surface area (Å²) >= 11 is 12.8. The summed E-state index contributed by atoms with van der Waals surface area (Å²) in [5.74, 6) is -0.469. The van der Waals surface area contributed by atoms with Crippen LogP contribution in [0.1, 0.15) is 56.4 Å². The second kappa shape index (κ2) is 14.5. The molecule has 0 radical (unpaired) electrons. The SMILES string of the molecule is O=Cc1cccc(C(=O)O[C@@H](Cc2c(Cl)cncc2Cl)c2ccc(OC(F)F)c(OCC3CC3)c2)c1OCc1ccccc1. The van der Waals surface area contributed by atoms with E-state index < -0.39 is 18.7 Å². The average molecular weight is 642 g/mol. The average Bonchev–Trinajstić information content (AvgIpc) is 3.85. The van der Waals surface area contributed by atoms with Crippen molar-refractivity contribution < 1.29 is 37.3 Å². The third-order valence-electron chi connectivity index (χ3n) is 6.94. The van der Waals surface area contributed by atoms with Crippen LogP contribution < -0.4 is 14.2 Å². The Bertz CT molecular complexity index is 1600. The van der Waals surface area contributed by atoms with Crippen LogP contribution in [0.5, 0.6) is 17.2 Å². The zero-order chi connectivity index (χ0) is 31.1. The molecule has 0 amide bonds. The summed E-state index contributed by atoms with van der Waals surface area (Å²) in [7, 11) is 0. The van der Waals surface area contributed by atoms with E-state index in [0.29, 0.717) is 29.9 Å². The number of para-hydroxylation sites is 1. The molecule has 228 valence electrons. The van der Waals surface area contributed by atoms with E-state index in [1.54, 1.807) is 6.07 Å². The quantitative estimate of drug-likeness (QED) is 0.101. The maximum absolute atomic E-state index is 13.8. The fraction of sp³-hybridized carbons (Fsp3) is 0.242. The number of pyridine rings is 1. The Morgan fingerprint density at radius 2 is 1.70 bits per heavy atom. The maximum Gasteiger partial charge on any atom is 0.387 e. The number of halogens is 4. The summed E-state index contributed by atoms with van der Waals surface area (Å²) < 4.78 is 48.8. The molecule has 1 fully saturated rings. The third kappa shape index (κ3) is 8.03. The first-order valence-electron chi connectivity index (χ1n) is 13.8. The lowest BCUT2D eigenvalue weighted by atomic mass is 10.0. The molecular formula is C33H27Cl2F2NO6. The molecule has 1 atom stereocenters. The van der Waals surface area contributed by atoms with Crippen molar-refractivity contribution in [2.45, 2.75) is 38.6 Å². The highest BCUT2D eigenvalue weighted by atomic mass is 35.5. The van der Waals surface area contributed by atoms with Crippen molar-refractivity contribution in [2.24, 2.45) is 5.92 Å². The fourth-order valence-electron chi connectivity index (χ4n) is 4.46. The molecule has 7 nitrogen and oxygen atoms in total. The van der Waals surface area contributed by atoms with Crippen molar-refractivity contribution in [2.75, 3.05) is 6.61 Å². The first kappa shape index (κ1) is 31.2. The number of hydrogen-bond donors (Lipinski definition) is 0. The number of carbonyl (C=O) groups excluding carboxylic acids is 2. The van der Waals surface area contributed by atoms with Gasteiger partial charge < -0.3 is 18.9 Å². The molecule has 11 heteroatoms. The number of carbonyl (C=O) groups is 2. The zero-order valence-corrected chi connectivity index (χ0v) is 24.8. The number of aldehydes is 1. The van der Waals surface area contributed by atoms with Crippen molar-refractivity contribution in [3.63, 3.8) is 0 Å². The Morgan fingerprint density at radius 3 is 2.39 bits per heavy atom. The normalized spacial score (nSPS) is 13.3. The summed E-state index contributed by atoms with van der Waals surface area (Å²) in [6.07, 6.45) is 4.37. The number of benzene rings is 3. The number of esters is 1. The number of hydrogen-bond acceptors (Lipinski definition) is 7. The Labute approximate surface area is 262 Å². The predicted octanol–water partition coefficient (Wildman–Crippen LogP) is 8.31. The minimum Gasteiger partial charge on any atom is -0.489 e. The lowest BCUT2D eigenvalue weighted by Gasteiger charge is -2.22. The van der Waals surface area contributed by atoms with Crippen molar-refractivity contribution >= 4 is 35.5 Å². The molecule has 5 rings (SSSR count). The van der Waals surface area contributed by atoms with Gasteiger partial charge in [0.05, 0.1) is 22.2 Å². The van der Waals surface area contributed by atoms with E-state index in [0.717, 1.165) is 18.4 Å². The highest BCUT2D eigenvalue weighted by Crippen LogP contribution is 2.38. The summed E-state index contributed by atoms with van der Waals surface area (Å²) in [4.78, 5) is 29.6. The van der Waals surface area contributed by atoms with Crippen LogP contribution in [0.2, 0.25) is 10.0 Å². The number of ether oxygens (including phenoxy) is 4. The van der Waals surface area contributed by atoms with Gasteiger partial charge in [-0.25, -0.2) is 4.79 Å². The van der Waals surface area contributed by atoms with E-state index in [4.69, 9.17) is 37.4 Å². The van der Waals surface area contributed by atoms with E-state index in [-0.39, 0.29) is 51.4 Å². The molecule has 0 N–H and O–H groups in total. The number of rotatable bonds is 14.